The van der Waals surface area contributed by atoms with Crippen molar-refractivity contribution in [3.8, 4) is 11.5 Å². The summed E-state index contributed by atoms with van der Waals surface area (Å²) in [5.74, 6) is -0.699. The number of carbonyl (C=O) groups excluding carboxylic acids is 2. The maximum atomic E-state index is 13.3. The smallest absolute Gasteiger partial charge is 0.410 e. The molecule has 184 valence electrons. The van der Waals surface area contributed by atoms with Crippen molar-refractivity contribution < 1.29 is 37.1 Å². The highest BCUT2D eigenvalue weighted by Gasteiger charge is 2.42. The van der Waals surface area contributed by atoms with E-state index in [0.29, 0.717) is 11.5 Å². The highest BCUT2D eigenvalue weighted by Crippen LogP contribution is 2.27. The standard InChI is InChI=1S/C22H26FN3O7S/c1-22(2,3)33-21(28)25-12-13-26(19(14-25)20(27)24-29)34(30,31)18-10-8-17(9-11-18)32-16-6-4-15(23)5-7-16/h4-11,19,29H,12-14H2,1-3H3,(H,24,27)/t19-/m1/s1. The van der Waals surface area contributed by atoms with Gasteiger partial charge >= 0.3 is 6.09 Å². The van der Waals surface area contributed by atoms with Crippen LogP contribution in [-0.4, -0.2) is 66.1 Å². The number of hydrogen-bond acceptors (Lipinski definition) is 7. The summed E-state index contributed by atoms with van der Waals surface area (Å²) in [6.45, 7) is 4.57. The first-order chi connectivity index (χ1) is 15.9. The van der Waals surface area contributed by atoms with Gasteiger partial charge in [0.05, 0.1) is 4.90 Å². The number of piperazine rings is 1. The number of hydrogen-bond donors (Lipinski definition) is 2. The van der Waals surface area contributed by atoms with Gasteiger partial charge in [0.1, 0.15) is 29.0 Å². The summed E-state index contributed by atoms with van der Waals surface area (Å²) in [5, 5.41) is 9.15. The van der Waals surface area contributed by atoms with Gasteiger partial charge in [-0.3, -0.25) is 10.0 Å². The van der Waals surface area contributed by atoms with E-state index in [2.05, 4.69) is 0 Å². The molecular formula is C22H26FN3O7S. The normalized spacial score (nSPS) is 17.2. The summed E-state index contributed by atoms with van der Waals surface area (Å²) >= 11 is 0. The fourth-order valence-corrected chi connectivity index (χ4v) is 4.86. The van der Waals surface area contributed by atoms with Crippen LogP contribution in [0.4, 0.5) is 9.18 Å². The van der Waals surface area contributed by atoms with Crippen LogP contribution < -0.4 is 10.2 Å². The van der Waals surface area contributed by atoms with E-state index in [1.807, 2.05) is 0 Å². The summed E-state index contributed by atoms with van der Waals surface area (Å²) in [4.78, 5) is 25.8. The number of carbonyl (C=O) groups is 2. The Hall–Kier alpha value is -3.22. The van der Waals surface area contributed by atoms with Gasteiger partial charge in [-0.15, -0.1) is 0 Å². The largest absolute Gasteiger partial charge is 0.457 e. The van der Waals surface area contributed by atoms with Crippen LogP contribution in [0.3, 0.4) is 0 Å². The second kappa shape index (κ2) is 9.95. The SMILES string of the molecule is CC(C)(C)OC(=O)N1CCN(S(=O)(=O)c2ccc(Oc3ccc(F)cc3)cc2)[C@@H](C(=O)NO)C1. The molecule has 0 aromatic heterocycles. The van der Waals surface area contributed by atoms with Crippen molar-refractivity contribution in [2.24, 2.45) is 0 Å². The van der Waals surface area contributed by atoms with E-state index in [-0.39, 0.29) is 24.5 Å². The van der Waals surface area contributed by atoms with Crippen molar-refractivity contribution in [1.29, 1.82) is 0 Å². The first-order valence-corrected chi connectivity index (χ1v) is 11.8. The molecule has 2 aromatic carbocycles. The minimum Gasteiger partial charge on any atom is -0.457 e. The maximum absolute atomic E-state index is 13.3. The number of sulfonamides is 1. The molecule has 0 bridgehead atoms. The molecule has 1 aliphatic rings. The number of benzene rings is 2. The quantitative estimate of drug-likeness (QED) is 0.483. The van der Waals surface area contributed by atoms with Gasteiger partial charge in [-0.05, 0) is 69.3 Å². The molecule has 0 saturated carbocycles. The number of nitrogens with one attached hydrogen (secondary N) is 1. The Labute approximate surface area is 196 Å². The zero-order chi connectivity index (χ0) is 25.1. The van der Waals surface area contributed by atoms with Crippen LogP contribution in [0.2, 0.25) is 0 Å². The zero-order valence-corrected chi connectivity index (χ0v) is 19.7. The zero-order valence-electron chi connectivity index (χ0n) is 18.9. The third-order valence-corrected chi connectivity index (χ3v) is 6.80. The molecule has 1 saturated heterocycles. The van der Waals surface area contributed by atoms with E-state index < -0.39 is 39.5 Å². The summed E-state index contributed by atoms with van der Waals surface area (Å²) < 4.78 is 51.4. The van der Waals surface area contributed by atoms with Crippen LogP contribution in [0, 0.1) is 5.82 Å². The Bertz CT molecular complexity index is 1130. The van der Waals surface area contributed by atoms with Gasteiger partial charge in [0.2, 0.25) is 10.0 Å². The van der Waals surface area contributed by atoms with E-state index in [9.17, 15) is 22.4 Å². The summed E-state index contributed by atoms with van der Waals surface area (Å²) in [6.07, 6.45) is -0.692. The predicted octanol–water partition coefficient (Wildman–Crippen LogP) is 2.73. The molecule has 0 aliphatic carbocycles. The van der Waals surface area contributed by atoms with Gasteiger partial charge < -0.3 is 14.4 Å². The maximum Gasteiger partial charge on any atom is 0.410 e. The molecule has 34 heavy (non-hydrogen) atoms. The Balaban J connectivity index is 1.78. The summed E-state index contributed by atoms with van der Waals surface area (Å²) in [5.41, 5.74) is 0.695. The van der Waals surface area contributed by atoms with E-state index >= 15 is 0 Å². The van der Waals surface area contributed by atoms with Gasteiger partial charge in [0.25, 0.3) is 5.91 Å². The molecule has 10 nitrogen and oxygen atoms in total. The second-order valence-corrected chi connectivity index (χ2v) is 10.5. The number of hydroxylamine groups is 1. The average Bonchev–Trinajstić information content (AvgIpc) is 2.79. The first-order valence-electron chi connectivity index (χ1n) is 10.4. The highest BCUT2D eigenvalue weighted by molar-refractivity contribution is 7.89. The fourth-order valence-electron chi connectivity index (χ4n) is 3.29. The third kappa shape index (κ3) is 6.01. The van der Waals surface area contributed by atoms with Crippen molar-refractivity contribution in [3.05, 3.63) is 54.3 Å². The van der Waals surface area contributed by atoms with Crippen LogP contribution in [-0.2, 0) is 19.6 Å². The lowest BCUT2D eigenvalue weighted by Crippen LogP contribution is -2.61. The third-order valence-electron chi connectivity index (χ3n) is 4.88. The molecule has 3 rings (SSSR count). The molecular weight excluding hydrogens is 469 g/mol. The van der Waals surface area contributed by atoms with Crippen molar-refractivity contribution in [3.63, 3.8) is 0 Å². The minimum atomic E-state index is -4.17. The number of ether oxygens (including phenoxy) is 2. The molecule has 1 fully saturated rings. The van der Waals surface area contributed by atoms with Crippen molar-refractivity contribution in [1.82, 2.24) is 14.7 Å². The molecule has 2 amide bonds. The fraction of sp³-hybridized carbons (Fsp3) is 0.364. The predicted molar refractivity (Wildman–Crippen MR) is 118 cm³/mol. The van der Waals surface area contributed by atoms with E-state index in [1.165, 1.54) is 58.9 Å². The van der Waals surface area contributed by atoms with Crippen LogP contribution in [0.15, 0.2) is 53.4 Å². The van der Waals surface area contributed by atoms with Crippen molar-refractivity contribution in [2.75, 3.05) is 19.6 Å². The Morgan fingerprint density at radius 3 is 2.12 bits per heavy atom. The Morgan fingerprint density at radius 2 is 1.59 bits per heavy atom. The lowest BCUT2D eigenvalue weighted by atomic mass is 10.2. The molecule has 1 heterocycles. The number of nitrogens with zero attached hydrogens (tertiary/aromatic N) is 2. The van der Waals surface area contributed by atoms with Crippen LogP contribution in [0.5, 0.6) is 11.5 Å². The number of amides is 2. The molecule has 0 spiro atoms. The van der Waals surface area contributed by atoms with E-state index in [0.717, 1.165) is 4.31 Å². The van der Waals surface area contributed by atoms with Crippen LogP contribution in [0.1, 0.15) is 20.8 Å². The number of halogens is 1. The van der Waals surface area contributed by atoms with E-state index in [1.54, 1.807) is 20.8 Å². The van der Waals surface area contributed by atoms with Crippen LogP contribution in [0.25, 0.3) is 0 Å². The Morgan fingerprint density at radius 1 is 1.03 bits per heavy atom. The lowest BCUT2D eigenvalue weighted by Gasteiger charge is -2.39. The second-order valence-electron chi connectivity index (χ2n) is 8.56. The average molecular weight is 496 g/mol. The monoisotopic (exact) mass is 495 g/mol. The molecule has 0 unspecified atom stereocenters. The minimum absolute atomic E-state index is 0.00485. The lowest BCUT2D eigenvalue weighted by molar-refractivity contribution is -0.134. The van der Waals surface area contributed by atoms with Crippen molar-refractivity contribution >= 4 is 22.0 Å². The molecule has 2 aromatic rings. The first kappa shape index (κ1) is 25.4. The highest BCUT2D eigenvalue weighted by atomic mass is 32.2. The van der Waals surface area contributed by atoms with Gasteiger partial charge in [-0.2, -0.15) is 4.31 Å². The van der Waals surface area contributed by atoms with Gasteiger partial charge in [-0.1, -0.05) is 0 Å². The molecule has 12 heteroatoms. The van der Waals surface area contributed by atoms with E-state index in [4.69, 9.17) is 14.7 Å². The topological polar surface area (TPSA) is 125 Å². The summed E-state index contributed by atoms with van der Waals surface area (Å²) in [7, 11) is -4.17. The molecule has 1 atom stereocenters. The van der Waals surface area contributed by atoms with Gasteiger partial charge in [0, 0.05) is 19.6 Å². The van der Waals surface area contributed by atoms with Crippen LogP contribution >= 0.6 is 0 Å². The molecule has 2 N–H and O–H groups in total. The Kier molecular flexibility index (Phi) is 7.44. The molecule has 0 radical (unpaired) electrons. The van der Waals surface area contributed by atoms with Crippen molar-refractivity contribution in [2.45, 2.75) is 37.3 Å². The summed E-state index contributed by atoms with van der Waals surface area (Å²) in [6, 6.07) is 9.43. The number of rotatable bonds is 5. The van der Waals surface area contributed by atoms with Gasteiger partial charge in [-0.25, -0.2) is 23.1 Å². The van der Waals surface area contributed by atoms with Gasteiger partial charge in [0.15, 0.2) is 0 Å². The molecule has 1 aliphatic heterocycles.